The summed E-state index contributed by atoms with van der Waals surface area (Å²) in [7, 11) is -1.52. The van der Waals surface area contributed by atoms with E-state index in [4.69, 9.17) is 5.10 Å². The number of halogens is 3. The maximum atomic E-state index is 14.2. The van der Waals surface area contributed by atoms with E-state index in [0.29, 0.717) is 61.9 Å². The van der Waals surface area contributed by atoms with Crippen molar-refractivity contribution >= 4 is 33.6 Å². The van der Waals surface area contributed by atoms with E-state index in [1.807, 2.05) is 16.6 Å². The van der Waals surface area contributed by atoms with Crippen molar-refractivity contribution in [3.8, 4) is 11.3 Å². The van der Waals surface area contributed by atoms with Crippen LogP contribution in [0.5, 0.6) is 0 Å². The van der Waals surface area contributed by atoms with Gasteiger partial charge in [-0.3, -0.25) is 14.3 Å². The zero-order valence-electron chi connectivity index (χ0n) is 29.0. The van der Waals surface area contributed by atoms with Gasteiger partial charge in [0.1, 0.15) is 0 Å². The highest BCUT2D eigenvalue weighted by Crippen LogP contribution is 2.40. The normalized spacial score (nSPS) is 20.8. The van der Waals surface area contributed by atoms with E-state index in [9.17, 15) is 31.2 Å². The molecule has 2 amide bonds. The standard InChI is InChI=1S/C34H48F3N7O4S2/c1-39-12-4-14-41(21-20-39)32(46)24-49-30-22-25(7-8-28(30)34(35,36)37)33-27-23-42(50(2,47)48)19-11-29(27)44(38-33)16-5-13-40-17-9-26(10-18-40)43-15-3-6-31(43)45/h7-8,22,26H,3-6,9-21,23-24H2,1-2H3. The number of carbonyl (C=O) groups excluding carboxylic acids is 2. The average molecular weight is 740 g/mol. The van der Waals surface area contributed by atoms with Crippen LogP contribution in [-0.2, 0) is 45.3 Å². The van der Waals surface area contributed by atoms with Crippen LogP contribution in [0.2, 0.25) is 0 Å². The maximum absolute atomic E-state index is 14.2. The quantitative estimate of drug-likeness (QED) is 0.341. The monoisotopic (exact) mass is 739 g/mol. The lowest BCUT2D eigenvalue weighted by molar-refractivity contribution is -0.139. The molecule has 1 aromatic heterocycles. The highest BCUT2D eigenvalue weighted by molar-refractivity contribution is 8.00. The smallest absolute Gasteiger partial charge is 0.341 e. The Labute approximate surface area is 297 Å². The first-order valence-electron chi connectivity index (χ1n) is 17.6. The number of hydrogen-bond acceptors (Lipinski definition) is 8. The second-order valence-electron chi connectivity index (χ2n) is 14.0. The molecule has 0 aliphatic carbocycles. The van der Waals surface area contributed by atoms with Gasteiger partial charge in [-0.05, 0) is 64.4 Å². The predicted molar refractivity (Wildman–Crippen MR) is 186 cm³/mol. The van der Waals surface area contributed by atoms with Crippen LogP contribution in [0.1, 0.15) is 55.3 Å². The number of piperidine rings is 1. The van der Waals surface area contributed by atoms with Gasteiger partial charge in [0.15, 0.2) is 0 Å². The van der Waals surface area contributed by atoms with Gasteiger partial charge in [0.05, 0.1) is 23.3 Å². The fraction of sp³-hybridized carbons (Fsp3) is 0.676. The van der Waals surface area contributed by atoms with Gasteiger partial charge in [-0.25, -0.2) is 8.42 Å². The number of amides is 2. The van der Waals surface area contributed by atoms with Crippen molar-refractivity contribution in [2.45, 2.75) is 75.1 Å². The molecule has 0 bridgehead atoms. The number of rotatable bonds is 10. The molecule has 4 aliphatic rings. The molecule has 0 atom stereocenters. The summed E-state index contributed by atoms with van der Waals surface area (Å²) in [5.41, 5.74) is 1.74. The summed E-state index contributed by atoms with van der Waals surface area (Å²) in [5, 5.41) is 4.92. The molecule has 2 aromatic rings. The minimum atomic E-state index is -4.61. The number of alkyl halides is 3. The Bertz CT molecular complexity index is 1660. The zero-order valence-corrected chi connectivity index (χ0v) is 30.6. The number of hydrogen-bond donors (Lipinski definition) is 0. The van der Waals surface area contributed by atoms with Gasteiger partial charge in [-0.1, -0.05) is 6.07 Å². The number of sulfonamides is 1. The molecular formula is C34H48F3N7O4S2. The third kappa shape index (κ3) is 8.68. The Morgan fingerprint density at radius 1 is 0.980 bits per heavy atom. The van der Waals surface area contributed by atoms with E-state index in [0.717, 1.165) is 101 Å². The van der Waals surface area contributed by atoms with Gasteiger partial charge in [0, 0.05) is 99.5 Å². The second-order valence-corrected chi connectivity index (χ2v) is 17.0. The van der Waals surface area contributed by atoms with Gasteiger partial charge < -0.3 is 19.6 Å². The zero-order chi connectivity index (χ0) is 35.6. The van der Waals surface area contributed by atoms with E-state index in [1.54, 1.807) is 4.90 Å². The van der Waals surface area contributed by atoms with Crippen molar-refractivity contribution in [3.63, 3.8) is 0 Å². The molecule has 276 valence electrons. The Hall–Kier alpha value is -2.66. The van der Waals surface area contributed by atoms with Gasteiger partial charge in [-0.2, -0.15) is 22.6 Å². The predicted octanol–water partition coefficient (Wildman–Crippen LogP) is 3.62. The molecule has 0 radical (unpaired) electrons. The molecule has 6 rings (SSSR count). The summed E-state index contributed by atoms with van der Waals surface area (Å²) < 4.78 is 71.0. The molecule has 3 saturated heterocycles. The number of aryl methyl sites for hydroxylation is 1. The molecule has 50 heavy (non-hydrogen) atoms. The molecule has 0 N–H and O–H groups in total. The fourth-order valence-corrected chi connectivity index (χ4v) is 9.47. The minimum absolute atomic E-state index is 0.0478. The van der Waals surface area contributed by atoms with E-state index < -0.39 is 21.8 Å². The summed E-state index contributed by atoms with van der Waals surface area (Å²) in [6, 6.07) is 4.23. The van der Waals surface area contributed by atoms with Crippen LogP contribution in [0.25, 0.3) is 11.3 Å². The van der Waals surface area contributed by atoms with Gasteiger partial charge >= 0.3 is 6.18 Å². The molecule has 3 fully saturated rings. The van der Waals surface area contributed by atoms with Crippen LogP contribution in [0, 0.1) is 0 Å². The average Bonchev–Trinajstić information content (AvgIpc) is 3.59. The third-order valence-corrected chi connectivity index (χ3v) is 12.8. The van der Waals surface area contributed by atoms with Gasteiger partial charge in [0.25, 0.3) is 0 Å². The first-order chi connectivity index (χ1) is 23.8. The Morgan fingerprint density at radius 3 is 2.46 bits per heavy atom. The summed E-state index contributed by atoms with van der Waals surface area (Å²) in [5.74, 6) is -0.0376. The number of thioether (sulfide) groups is 1. The molecule has 1 aromatic carbocycles. The number of likely N-dealkylation sites (tertiary alicyclic amines) is 2. The lowest BCUT2D eigenvalue weighted by atomic mass is 10.0. The Balaban J connectivity index is 1.19. The molecule has 0 saturated carbocycles. The molecule has 0 spiro atoms. The minimum Gasteiger partial charge on any atom is -0.341 e. The summed E-state index contributed by atoms with van der Waals surface area (Å²) in [6.07, 6.45) is 2.14. The van der Waals surface area contributed by atoms with E-state index in [1.165, 1.54) is 16.4 Å². The Morgan fingerprint density at radius 2 is 1.76 bits per heavy atom. The summed E-state index contributed by atoms with van der Waals surface area (Å²) in [4.78, 5) is 33.6. The van der Waals surface area contributed by atoms with Crippen molar-refractivity contribution < 1.29 is 31.2 Å². The van der Waals surface area contributed by atoms with Crippen molar-refractivity contribution in [2.24, 2.45) is 0 Å². The van der Waals surface area contributed by atoms with Crippen molar-refractivity contribution in [1.29, 1.82) is 0 Å². The van der Waals surface area contributed by atoms with Gasteiger partial charge in [-0.15, -0.1) is 11.8 Å². The first-order valence-corrected chi connectivity index (χ1v) is 20.5. The lowest BCUT2D eigenvalue weighted by Gasteiger charge is -2.36. The van der Waals surface area contributed by atoms with E-state index >= 15 is 0 Å². The molecule has 5 heterocycles. The topological polar surface area (TPSA) is 102 Å². The molecule has 4 aliphatic heterocycles. The highest BCUT2D eigenvalue weighted by Gasteiger charge is 2.36. The Kier molecular flexibility index (Phi) is 11.5. The molecule has 11 nitrogen and oxygen atoms in total. The third-order valence-electron chi connectivity index (χ3n) is 10.5. The largest absolute Gasteiger partial charge is 0.417 e. The highest BCUT2D eigenvalue weighted by atomic mass is 32.2. The first kappa shape index (κ1) is 37.1. The van der Waals surface area contributed by atoms with Crippen LogP contribution in [0.4, 0.5) is 13.2 Å². The SMILES string of the molecule is CN1CCCN(C(=O)CSc2cc(-c3nn(CCCN4CCC(N5CCCC5=O)CC4)c4c3CN(S(C)(=O)=O)CC4)ccc2C(F)(F)F)CC1. The van der Waals surface area contributed by atoms with Crippen LogP contribution < -0.4 is 0 Å². The number of likely N-dealkylation sites (N-methyl/N-ethyl adjacent to an activating group) is 1. The number of fused-ring (bicyclic) bond motifs is 1. The van der Waals surface area contributed by atoms with Crippen LogP contribution in [-0.4, -0.2) is 138 Å². The van der Waals surface area contributed by atoms with E-state index in [2.05, 4.69) is 9.80 Å². The van der Waals surface area contributed by atoms with Crippen LogP contribution in [0.3, 0.4) is 0 Å². The van der Waals surface area contributed by atoms with Crippen molar-refractivity contribution in [1.82, 2.24) is 33.7 Å². The van der Waals surface area contributed by atoms with E-state index in [-0.39, 0.29) is 29.0 Å². The van der Waals surface area contributed by atoms with Crippen molar-refractivity contribution in [2.75, 3.05) is 78.0 Å². The van der Waals surface area contributed by atoms with Gasteiger partial charge in [0.2, 0.25) is 21.8 Å². The number of aromatic nitrogens is 2. The maximum Gasteiger partial charge on any atom is 0.417 e. The molecule has 16 heteroatoms. The molecule has 0 unspecified atom stereocenters. The number of benzene rings is 1. The van der Waals surface area contributed by atoms with Crippen molar-refractivity contribution in [3.05, 3.63) is 35.0 Å². The number of nitrogens with zero attached hydrogens (tertiary/aromatic N) is 7. The van der Waals surface area contributed by atoms with Crippen LogP contribution >= 0.6 is 11.8 Å². The second kappa shape index (κ2) is 15.5. The summed E-state index contributed by atoms with van der Waals surface area (Å²) in [6.45, 7) is 7.25. The number of carbonyl (C=O) groups is 2. The fourth-order valence-electron chi connectivity index (χ4n) is 7.67. The molecular weight excluding hydrogens is 692 g/mol. The lowest BCUT2D eigenvalue weighted by Crippen LogP contribution is -2.45. The van der Waals surface area contributed by atoms with Crippen LogP contribution in [0.15, 0.2) is 23.1 Å². The summed E-state index contributed by atoms with van der Waals surface area (Å²) >= 11 is 0.886.